The molecule has 11 N–H and O–H groups in total. The molecule has 14 nitrogen and oxygen atoms in total. The van der Waals surface area contributed by atoms with Gasteiger partial charge in [-0.05, 0) is 0 Å². The number of hydrogen-bond acceptors (Lipinski definition) is 13. The van der Waals surface area contributed by atoms with Crippen LogP contribution in [-0.4, -0.2) is 79.9 Å². The van der Waals surface area contributed by atoms with Crippen LogP contribution in [0.2, 0.25) is 0 Å². The highest BCUT2D eigenvalue weighted by atomic mass is 16.6. The van der Waals surface area contributed by atoms with Crippen molar-refractivity contribution in [1.29, 1.82) is 0 Å². The summed E-state index contributed by atoms with van der Waals surface area (Å²) in [6.07, 6.45) is 0. The number of esters is 4. The molecule has 0 unspecified atom stereocenters. The molecular weight excluding hydrogens is 358 g/mol. The first-order valence-electron chi connectivity index (χ1n) is 6.98. The van der Waals surface area contributed by atoms with Crippen LogP contribution in [0.5, 0.6) is 0 Å². The zero-order valence-corrected chi connectivity index (χ0v) is 13.8. The van der Waals surface area contributed by atoms with E-state index in [9.17, 15) is 24.0 Å². The van der Waals surface area contributed by atoms with Gasteiger partial charge < -0.3 is 48.0 Å². The topological polar surface area (TPSA) is 263 Å². The van der Waals surface area contributed by atoms with Crippen molar-refractivity contribution in [3.8, 4) is 0 Å². The van der Waals surface area contributed by atoms with Crippen molar-refractivity contribution in [3.63, 3.8) is 0 Å². The standard InChI is InChI=1S/C8H15N3O6.C4H8N2O3/c9-1-6(12)16-3-5(11)8(15)17-2-4(10)7(13)14;5-1-3(7)9-4(8)2-6/h4-5H,1-3,9-11H2,(H,13,14);1-2,5-6H2/t4-,5-;/m0./s1. The molecule has 14 heteroatoms. The van der Waals surface area contributed by atoms with E-state index < -0.39 is 55.1 Å². The largest absolute Gasteiger partial charge is 0.480 e. The molecule has 0 aliphatic carbocycles. The van der Waals surface area contributed by atoms with Gasteiger partial charge in [0.15, 0.2) is 0 Å². The average molecular weight is 381 g/mol. The molecule has 0 aromatic carbocycles. The molecule has 2 atom stereocenters. The minimum absolute atomic E-state index is 0.300. The highest BCUT2D eigenvalue weighted by Gasteiger charge is 2.20. The van der Waals surface area contributed by atoms with E-state index in [4.69, 9.17) is 33.8 Å². The number of carbonyl (C=O) groups is 5. The third-order valence-electron chi connectivity index (χ3n) is 2.18. The maximum Gasteiger partial charge on any atom is 0.327 e. The van der Waals surface area contributed by atoms with E-state index in [-0.39, 0.29) is 19.6 Å². The van der Waals surface area contributed by atoms with Gasteiger partial charge in [0, 0.05) is 0 Å². The Labute approximate surface area is 147 Å². The summed E-state index contributed by atoms with van der Waals surface area (Å²) < 4.78 is 13.0. The summed E-state index contributed by atoms with van der Waals surface area (Å²) in [5.41, 5.74) is 25.0. The predicted octanol–water partition coefficient (Wildman–Crippen LogP) is -5.26. The molecule has 0 radical (unpaired) electrons. The normalized spacial score (nSPS) is 11.9. The second-order valence-corrected chi connectivity index (χ2v) is 4.32. The van der Waals surface area contributed by atoms with Crippen LogP contribution in [0, 0.1) is 0 Å². The lowest BCUT2D eigenvalue weighted by atomic mass is 10.3. The van der Waals surface area contributed by atoms with E-state index in [0.717, 1.165) is 0 Å². The molecule has 0 fully saturated rings. The van der Waals surface area contributed by atoms with Crippen LogP contribution < -0.4 is 28.7 Å². The third-order valence-corrected chi connectivity index (χ3v) is 2.18. The minimum Gasteiger partial charge on any atom is -0.480 e. The van der Waals surface area contributed by atoms with E-state index in [1.807, 2.05) is 0 Å². The fraction of sp³-hybridized carbons (Fsp3) is 0.583. The van der Waals surface area contributed by atoms with Crippen LogP contribution in [-0.2, 0) is 38.2 Å². The van der Waals surface area contributed by atoms with Crippen molar-refractivity contribution >= 4 is 29.8 Å². The maximum absolute atomic E-state index is 11.2. The maximum atomic E-state index is 11.2. The number of ether oxygens (including phenoxy) is 3. The summed E-state index contributed by atoms with van der Waals surface area (Å²) in [5, 5.41) is 8.41. The summed E-state index contributed by atoms with van der Waals surface area (Å²) in [6.45, 7) is -1.83. The van der Waals surface area contributed by atoms with Crippen LogP contribution in [0.1, 0.15) is 0 Å². The van der Waals surface area contributed by atoms with E-state index in [0.29, 0.717) is 0 Å². The quantitative estimate of drug-likeness (QED) is 0.124. The first-order valence-corrected chi connectivity index (χ1v) is 6.98. The van der Waals surface area contributed by atoms with E-state index >= 15 is 0 Å². The molecule has 0 aliphatic rings. The lowest BCUT2D eigenvalue weighted by Gasteiger charge is -2.13. The van der Waals surface area contributed by atoms with Gasteiger partial charge in [-0.15, -0.1) is 0 Å². The molecule has 0 saturated carbocycles. The molecule has 0 aromatic heterocycles. The van der Waals surface area contributed by atoms with Crippen molar-refractivity contribution in [2.75, 3.05) is 32.8 Å². The summed E-state index contributed by atoms with van der Waals surface area (Å²) >= 11 is 0. The monoisotopic (exact) mass is 381 g/mol. The van der Waals surface area contributed by atoms with Gasteiger partial charge in [0.05, 0.1) is 19.6 Å². The van der Waals surface area contributed by atoms with E-state index in [1.54, 1.807) is 0 Å². The Morgan fingerprint density at radius 1 is 0.731 bits per heavy atom. The molecule has 0 rings (SSSR count). The number of carboxylic acid groups (broad SMARTS) is 1. The smallest absolute Gasteiger partial charge is 0.327 e. The van der Waals surface area contributed by atoms with Crippen molar-refractivity contribution < 1.29 is 43.3 Å². The molecule has 0 heterocycles. The lowest BCUT2D eigenvalue weighted by molar-refractivity contribution is -0.158. The van der Waals surface area contributed by atoms with Gasteiger partial charge >= 0.3 is 29.8 Å². The Morgan fingerprint density at radius 3 is 1.54 bits per heavy atom. The number of carbonyl (C=O) groups excluding carboxylic acids is 4. The van der Waals surface area contributed by atoms with Crippen LogP contribution in [0.25, 0.3) is 0 Å². The zero-order chi connectivity index (χ0) is 20.7. The van der Waals surface area contributed by atoms with Gasteiger partial charge in [-0.2, -0.15) is 0 Å². The van der Waals surface area contributed by atoms with Gasteiger partial charge in [-0.25, -0.2) is 0 Å². The van der Waals surface area contributed by atoms with Gasteiger partial charge in [-0.1, -0.05) is 0 Å². The lowest BCUT2D eigenvalue weighted by Crippen LogP contribution is -2.42. The SMILES string of the molecule is NCC(=O)OC(=O)CN.NCC(=O)OC[C@H](N)C(=O)OC[C@H](N)C(=O)O. The summed E-state index contributed by atoms with van der Waals surface area (Å²) in [7, 11) is 0. The molecule has 0 bridgehead atoms. The van der Waals surface area contributed by atoms with Crippen molar-refractivity contribution in [1.82, 2.24) is 0 Å². The highest BCUT2D eigenvalue weighted by molar-refractivity contribution is 5.87. The number of rotatable bonds is 9. The second-order valence-electron chi connectivity index (χ2n) is 4.32. The zero-order valence-electron chi connectivity index (χ0n) is 13.8. The van der Waals surface area contributed by atoms with E-state index in [1.165, 1.54) is 0 Å². The van der Waals surface area contributed by atoms with Crippen molar-refractivity contribution in [3.05, 3.63) is 0 Å². The average Bonchev–Trinajstić information content (AvgIpc) is 2.63. The second kappa shape index (κ2) is 14.7. The molecule has 0 spiro atoms. The summed E-state index contributed by atoms with van der Waals surface area (Å²) in [6, 6.07) is -2.52. The molecule has 150 valence electrons. The van der Waals surface area contributed by atoms with Gasteiger partial charge in [0.2, 0.25) is 0 Å². The first-order chi connectivity index (χ1) is 12.1. The summed E-state index contributed by atoms with van der Waals surface area (Å²) in [4.78, 5) is 52.4. The highest BCUT2D eigenvalue weighted by Crippen LogP contribution is 1.90. The Balaban J connectivity index is 0. The van der Waals surface area contributed by atoms with Gasteiger partial charge in [0.25, 0.3) is 0 Å². The van der Waals surface area contributed by atoms with Crippen LogP contribution in [0.4, 0.5) is 0 Å². The Kier molecular flexibility index (Phi) is 14.4. The van der Waals surface area contributed by atoms with Crippen LogP contribution in [0.15, 0.2) is 0 Å². The predicted molar refractivity (Wildman–Crippen MR) is 83.8 cm³/mol. The first kappa shape index (κ1) is 25.6. The minimum atomic E-state index is -1.32. The molecule has 26 heavy (non-hydrogen) atoms. The van der Waals surface area contributed by atoms with Gasteiger partial charge in [0.1, 0.15) is 25.3 Å². The molecule has 0 aliphatic heterocycles. The number of aliphatic carboxylic acids is 1. The fourth-order valence-electron chi connectivity index (χ4n) is 0.870. The van der Waals surface area contributed by atoms with E-state index in [2.05, 4.69) is 14.2 Å². The molecule has 0 aromatic rings. The Morgan fingerprint density at radius 2 is 1.15 bits per heavy atom. The van der Waals surface area contributed by atoms with Crippen LogP contribution >= 0.6 is 0 Å². The molecular formula is C12H23N5O9. The van der Waals surface area contributed by atoms with Gasteiger partial charge in [-0.3, -0.25) is 24.0 Å². The Hall–Kier alpha value is -2.65. The fourth-order valence-corrected chi connectivity index (χ4v) is 0.870. The van der Waals surface area contributed by atoms with Crippen molar-refractivity contribution in [2.45, 2.75) is 12.1 Å². The Bertz CT molecular complexity index is 485. The summed E-state index contributed by atoms with van der Waals surface area (Å²) in [5.74, 6) is -4.45. The molecule has 0 amide bonds. The van der Waals surface area contributed by atoms with Crippen LogP contribution in [0.3, 0.4) is 0 Å². The third kappa shape index (κ3) is 13.8. The van der Waals surface area contributed by atoms with Crippen molar-refractivity contribution in [2.24, 2.45) is 28.7 Å². The number of hydrogen-bond donors (Lipinski definition) is 6. The molecule has 0 saturated heterocycles. The number of carboxylic acids is 1. The number of nitrogens with two attached hydrogens (primary N) is 5.